The van der Waals surface area contributed by atoms with Gasteiger partial charge in [0.2, 0.25) is 5.78 Å². The van der Waals surface area contributed by atoms with Gasteiger partial charge in [-0.05, 0) is 37.1 Å². The molecule has 0 saturated heterocycles. The molecular formula is C21H23N3O7S. The first-order chi connectivity index (χ1) is 15.4. The average molecular weight is 461 g/mol. The zero-order chi connectivity index (χ0) is 23.1. The molecule has 1 atom stereocenters. The SMILES string of the molecule is CCNC(=O)Oc1ccccc1OC(C(=O)O)C(=O)CNC(=O)c1cc2c(s1)CCNC2. The number of hydrogen-bond acceptors (Lipinski definition) is 8. The number of carbonyl (C=O) groups is 4. The average Bonchev–Trinajstić information content (AvgIpc) is 3.21. The number of carboxylic acid groups (broad SMARTS) is 1. The van der Waals surface area contributed by atoms with Gasteiger partial charge < -0.3 is 30.5 Å². The van der Waals surface area contributed by atoms with Crippen molar-refractivity contribution < 1.29 is 33.8 Å². The van der Waals surface area contributed by atoms with Crippen molar-refractivity contribution in [3.63, 3.8) is 0 Å². The summed E-state index contributed by atoms with van der Waals surface area (Å²) in [6.07, 6.45) is -1.81. The molecule has 2 amide bonds. The summed E-state index contributed by atoms with van der Waals surface area (Å²) >= 11 is 1.36. The molecule has 170 valence electrons. The maximum absolute atomic E-state index is 12.5. The Morgan fingerprint density at radius 3 is 2.62 bits per heavy atom. The van der Waals surface area contributed by atoms with Crippen molar-refractivity contribution in [1.29, 1.82) is 0 Å². The predicted molar refractivity (Wildman–Crippen MR) is 115 cm³/mol. The van der Waals surface area contributed by atoms with Gasteiger partial charge in [-0.15, -0.1) is 11.3 Å². The third-order valence-electron chi connectivity index (χ3n) is 4.52. The molecule has 32 heavy (non-hydrogen) atoms. The minimum atomic E-state index is -1.89. The monoisotopic (exact) mass is 461 g/mol. The number of carboxylic acids is 1. The molecule has 0 spiro atoms. The summed E-state index contributed by atoms with van der Waals surface area (Å²) in [5.74, 6) is -2.98. The summed E-state index contributed by atoms with van der Waals surface area (Å²) in [5.41, 5.74) is 1.05. The normalized spacial score (nSPS) is 13.4. The van der Waals surface area contributed by atoms with Crippen molar-refractivity contribution in [2.45, 2.75) is 26.0 Å². The highest BCUT2D eigenvalue weighted by molar-refractivity contribution is 7.14. The molecule has 0 fully saturated rings. The Morgan fingerprint density at radius 2 is 1.94 bits per heavy atom. The number of amides is 2. The number of Topliss-reactive ketones (excluding diaryl/α,β-unsaturated/α-hetero) is 1. The van der Waals surface area contributed by atoms with Crippen LogP contribution < -0.4 is 25.4 Å². The van der Waals surface area contributed by atoms with Crippen LogP contribution in [0.15, 0.2) is 30.3 Å². The summed E-state index contributed by atoms with van der Waals surface area (Å²) in [6.45, 7) is 3.04. The molecule has 0 saturated carbocycles. The first-order valence-corrected chi connectivity index (χ1v) is 10.8. The maximum Gasteiger partial charge on any atom is 0.412 e. The zero-order valence-electron chi connectivity index (χ0n) is 17.3. The zero-order valence-corrected chi connectivity index (χ0v) is 18.1. The molecule has 0 radical (unpaired) electrons. The van der Waals surface area contributed by atoms with Crippen LogP contribution in [0.4, 0.5) is 4.79 Å². The summed E-state index contributed by atoms with van der Waals surface area (Å²) in [6, 6.07) is 7.66. The second-order valence-corrected chi connectivity index (χ2v) is 7.97. The minimum absolute atomic E-state index is 0.0423. The van der Waals surface area contributed by atoms with Gasteiger partial charge in [0.05, 0.1) is 11.4 Å². The lowest BCUT2D eigenvalue weighted by Gasteiger charge is -2.16. The number of rotatable bonds is 9. The lowest BCUT2D eigenvalue weighted by Crippen LogP contribution is -2.42. The van der Waals surface area contributed by atoms with Crippen LogP contribution in [0.25, 0.3) is 0 Å². The molecule has 2 aromatic rings. The largest absolute Gasteiger partial charge is 0.478 e. The highest BCUT2D eigenvalue weighted by atomic mass is 32.1. The van der Waals surface area contributed by atoms with Crippen molar-refractivity contribution in [1.82, 2.24) is 16.0 Å². The minimum Gasteiger partial charge on any atom is -0.478 e. The molecule has 11 heteroatoms. The van der Waals surface area contributed by atoms with E-state index in [2.05, 4.69) is 16.0 Å². The Morgan fingerprint density at radius 1 is 1.19 bits per heavy atom. The Hall–Kier alpha value is -3.44. The number of fused-ring (bicyclic) bond motifs is 1. The van der Waals surface area contributed by atoms with Gasteiger partial charge >= 0.3 is 12.1 Å². The highest BCUT2D eigenvalue weighted by Crippen LogP contribution is 2.28. The number of hydrogen-bond donors (Lipinski definition) is 4. The molecule has 0 bridgehead atoms. The van der Waals surface area contributed by atoms with Crippen LogP contribution in [-0.4, -0.2) is 54.6 Å². The molecule has 1 aromatic heterocycles. The van der Waals surface area contributed by atoms with Gasteiger partial charge in [0.1, 0.15) is 0 Å². The molecule has 0 aliphatic carbocycles. The number of thiophene rings is 1. The van der Waals surface area contributed by atoms with E-state index in [1.165, 1.54) is 23.5 Å². The van der Waals surface area contributed by atoms with Gasteiger partial charge in [-0.1, -0.05) is 12.1 Å². The first-order valence-electron chi connectivity index (χ1n) is 9.96. The number of nitrogens with one attached hydrogen (secondary N) is 3. The Balaban J connectivity index is 1.64. The van der Waals surface area contributed by atoms with Crippen molar-refractivity contribution >= 4 is 35.1 Å². The van der Waals surface area contributed by atoms with Crippen molar-refractivity contribution in [3.8, 4) is 11.5 Å². The Kier molecular flexibility index (Phi) is 7.79. The molecule has 1 aromatic carbocycles. The van der Waals surface area contributed by atoms with Gasteiger partial charge in [-0.3, -0.25) is 9.59 Å². The van der Waals surface area contributed by atoms with Crippen LogP contribution in [-0.2, 0) is 22.6 Å². The van der Waals surface area contributed by atoms with Crippen molar-refractivity contribution in [2.24, 2.45) is 0 Å². The molecular weight excluding hydrogens is 438 g/mol. The summed E-state index contributed by atoms with van der Waals surface area (Å²) in [4.78, 5) is 49.8. The van der Waals surface area contributed by atoms with E-state index < -0.39 is 36.4 Å². The number of para-hydroxylation sites is 2. The summed E-state index contributed by atoms with van der Waals surface area (Å²) < 4.78 is 10.4. The van der Waals surface area contributed by atoms with Crippen LogP contribution in [0, 0.1) is 0 Å². The van der Waals surface area contributed by atoms with Crippen LogP contribution >= 0.6 is 11.3 Å². The molecule has 4 N–H and O–H groups in total. The van der Waals surface area contributed by atoms with Gasteiger partial charge in [-0.25, -0.2) is 9.59 Å². The van der Waals surface area contributed by atoms with Crippen LogP contribution in [0.5, 0.6) is 11.5 Å². The summed E-state index contributed by atoms with van der Waals surface area (Å²) in [5, 5.41) is 17.6. The van der Waals surface area contributed by atoms with Gasteiger partial charge in [-0.2, -0.15) is 0 Å². The van der Waals surface area contributed by atoms with E-state index in [0.717, 1.165) is 23.4 Å². The van der Waals surface area contributed by atoms with E-state index in [9.17, 15) is 24.3 Å². The van der Waals surface area contributed by atoms with Crippen LogP contribution in [0.3, 0.4) is 0 Å². The fourth-order valence-corrected chi connectivity index (χ4v) is 4.10. The number of benzene rings is 1. The lowest BCUT2D eigenvalue weighted by molar-refractivity contribution is -0.150. The van der Waals surface area contributed by atoms with Gasteiger partial charge in [0.25, 0.3) is 12.0 Å². The molecule has 1 aliphatic heterocycles. The number of aliphatic carboxylic acids is 1. The Bertz CT molecular complexity index is 997. The van der Waals surface area contributed by atoms with E-state index in [0.29, 0.717) is 18.0 Å². The van der Waals surface area contributed by atoms with Gasteiger partial charge in [0, 0.05) is 24.5 Å². The van der Waals surface area contributed by atoms with E-state index in [-0.39, 0.29) is 11.5 Å². The van der Waals surface area contributed by atoms with E-state index in [1.54, 1.807) is 25.1 Å². The predicted octanol–water partition coefficient (Wildman–Crippen LogP) is 1.33. The Labute approximate surface area is 187 Å². The standard InChI is InChI=1S/C21H23N3O7S/c1-2-23-21(29)31-15-6-4-3-5-14(15)30-18(20(27)28)13(25)11-24-19(26)17-9-12-10-22-8-7-16(12)32-17/h3-6,9,18,22H,2,7-8,10-11H2,1H3,(H,23,29)(H,24,26)(H,27,28). The fraction of sp³-hybridized carbons (Fsp3) is 0.333. The van der Waals surface area contributed by atoms with E-state index >= 15 is 0 Å². The number of ether oxygens (including phenoxy) is 2. The van der Waals surface area contributed by atoms with E-state index in [1.807, 2.05) is 0 Å². The lowest BCUT2D eigenvalue weighted by atomic mass is 10.1. The number of ketones is 1. The van der Waals surface area contributed by atoms with Crippen LogP contribution in [0.2, 0.25) is 0 Å². The van der Waals surface area contributed by atoms with Crippen molar-refractivity contribution in [2.75, 3.05) is 19.6 Å². The second kappa shape index (κ2) is 10.7. The topological polar surface area (TPSA) is 143 Å². The second-order valence-electron chi connectivity index (χ2n) is 6.84. The maximum atomic E-state index is 12.5. The number of carbonyl (C=O) groups excluding carboxylic acids is 3. The van der Waals surface area contributed by atoms with Gasteiger partial charge in [0.15, 0.2) is 11.5 Å². The fourth-order valence-electron chi connectivity index (χ4n) is 3.00. The van der Waals surface area contributed by atoms with Crippen LogP contribution in [0.1, 0.15) is 27.0 Å². The first kappa shape index (κ1) is 23.2. The highest BCUT2D eigenvalue weighted by Gasteiger charge is 2.30. The molecule has 10 nitrogen and oxygen atoms in total. The van der Waals surface area contributed by atoms with Crippen molar-refractivity contribution in [3.05, 3.63) is 45.6 Å². The third kappa shape index (κ3) is 5.83. The molecule has 1 aliphatic rings. The molecule has 3 rings (SSSR count). The molecule has 2 heterocycles. The summed E-state index contributed by atoms with van der Waals surface area (Å²) in [7, 11) is 0. The quantitative estimate of drug-likeness (QED) is 0.410. The third-order valence-corrected chi connectivity index (χ3v) is 5.76. The molecule has 1 unspecified atom stereocenters. The van der Waals surface area contributed by atoms with E-state index in [4.69, 9.17) is 9.47 Å². The smallest absolute Gasteiger partial charge is 0.412 e.